The van der Waals surface area contributed by atoms with E-state index in [2.05, 4.69) is 5.32 Å². The third-order valence-electron chi connectivity index (χ3n) is 1.76. The Morgan fingerprint density at radius 2 is 2.30 bits per heavy atom. The molecule has 10 heavy (non-hydrogen) atoms. The molecule has 1 aliphatic carbocycles. The minimum Gasteiger partial charge on any atom is -0.356 e. The molecule has 0 spiro atoms. The van der Waals surface area contributed by atoms with Crippen molar-refractivity contribution in [2.75, 3.05) is 6.54 Å². The molecule has 0 bridgehead atoms. The van der Waals surface area contributed by atoms with E-state index in [4.69, 9.17) is 0 Å². The van der Waals surface area contributed by atoms with E-state index in [0.717, 1.165) is 18.9 Å². The number of carbonyl (C=O) groups excluding carboxylic acids is 1. The fourth-order valence-corrected chi connectivity index (χ4v) is 0.896. The lowest BCUT2D eigenvalue weighted by molar-refractivity contribution is -0.121. The van der Waals surface area contributed by atoms with Crippen LogP contribution in [0.25, 0.3) is 0 Å². The smallest absolute Gasteiger partial charge is 0.219 e. The molecule has 0 aromatic carbocycles. The van der Waals surface area contributed by atoms with Crippen LogP contribution in [-0.4, -0.2) is 12.5 Å². The van der Waals surface area contributed by atoms with E-state index in [1.165, 1.54) is 12.8 Å². The van der Waals surface area contributed by atoms with E-state index in [9.17, 15) is 4.79 Å². The number of hydrogen-bond acceptors (Lipinski definition) is 1. The Bertz CT molecular complexity index is 118. The van der Waals surface area contributed by atoms with Crippen molar-refractivity contribution < 1.29 is 4.79 Å². The molecule has 0 radical (unpaired) electrons. The molecule has 0 saturated heterocycles. The van der Waals surface area contributed by atoms with Crippen LogP contribution in [0.2, 0.25) is 0 Å². The van der Waals surface area contributed by atoms with Crippen LogP contribution in [0.15, 0.2) is 0 Å². The molecule has 2 nitrogen and oxygen atoms in total. The molecule has 0 atom stereocenters. The maximum atomic E-state index is 10.9. The summed E-state index contributed by atoms with van der Waals surface area (Å²) in [5.41, 5.74) is 0. The third kappa shape index (κ3) is 2.85. The van der Waals surface area contributed by atoms with E-state index in [0.29, 0.717) is 6.42 Å². The van der Waals surface area contributed by atoms with Gasteiger partial charge in [-0.1, -0.05) is 6.92 Å². The SMILES string of the molecule is CCCC(=O)NCC1CC1. The van der Waals surface area contributed by atoms with E-state index in [1.54, 1.807) is 0 Å². The molecule has 0 aromatic heterocycles. The zero-order valence-electron chi connectivity index (χ0n) is 6.52. The zero-order chi connectivity index (χ0) is 7.40. The lowest BCUT2D eigenvalue weighted by Crippen LogP contribution is -2.24. The largest absolute Gasteiger partial charge is 0.356 e. The first kappa shape index (κ1) is 7.58. The molecule has 0 heterocycles. The second-order valence-electron chi connectivity index (χ2n) is 3.00. The van der Waals surface area contributed by atoms with Crippen molar-refractivity contribution in [3.63, 3.8) is 0 Å². The van der Waals surface area contributed by atoms with Crippen LogP contribution in [0.5, 0.6) is 0 Å². The fraction of sp³-hybridized carbons (Fsp3) is 0.875. The monoisotopic (exact) mass is 141 g/mol. The number of rotatable bonds is 4. The van der Waals surface area contributed by atoms with Gasteiger partial charge in [0.2, 0.25) is 5.91 Å². The molecule has 0 unspecified atom stereocenters. The van der Waals surface area contributed by atoms with Crippen molar-refractivity contribution >= 4 is 5.91 Å². The van der Waals surface area contributed by atoms with Crippen LogP contribution >= 0.6 is 0 Å². The molecule has 2 heteroatoms. The van der Waals surface area contributed by atoms with Crippen LogP contribution in [-0.2, 0) is 4.79 Å². The van der Waals surface area contributed by atoms with Crippen LogP contribution in [0, 0.1) is 5.92 Å². The molecule has 1 rings (SSSR count). The van der Waals surface area contributed by atoms with Crippen LogP contribution in [0.4, 0.5) is 0 Å². The molecule has 1 fully saturated rings. The van der Waals surface area contributed by atoms with Gasteiger partial charge in [-0.2, -0.15) is 0 Å². The molecule has 0 aromatic rings. The number of hydrogen-bond donors (Lipinski definition) is 1. The molecule has 1 saturated carbocycles. The van der Waals surface area contributed by atoms with E-state index in [1.807, 2.05) is 6.92 Å². The lowest BCUT2D eigenvalue weighted by atomic mass is 10.3. The Morgan fingerprint density at radius 1 is 1.60 bits per heavy atom. The van der Waals surface area contributed by atoms with Crippen LogP contribution in [0.3, 0.4) is 0 Å². The maximum absolute atomic E-state index is 10.9. The Labute approximate surface area is 62.0 Å². The molecule has 1 amide bonds. The maximum Gasteiger partial charge on any atom is 0.219 e. The van der Waals surface area contributed by atoms with Gasteiger partial charge in [-0.05, 0) is 25.2 Å². The quantitative estimate of drug-likeness (QED) is 0.628. The first-order valence-corrected chi connectivity index (χ1v) is 4.09. The average molecular weight is 141 g/mol. The van der Waals surface area contributed by atoms with Gasteiger partial charge < -0.3 is 5.32 Å². The van der Waals surface area contributed by atoms with E-state index >= 15 is 0 Å². The van der Waals surface area contributed by atoms with Crippen molar-refractivity contribution in [2.24, 2.45) is 5.92 Å². The summed E-state index contributed by atoms with van der Waals surface area (Å²) >= 11 is 0. The lowest BCUT2D eigenvalue weighted by Gasteiger charge is -2.00. The molecular formula is C8H15NO. The second kappa shape index (κ2) is 3.59. The van der Waals surface area contributed by atoms with Gasteiger partial charge in [0.15, 0.2) is 0 Å². The van der Waals surface area contributed by atoms with Gasteiger partial charge in [0, 0.05) is 13.0 Å². The van der Waals surface area contributed by atoms with Gasteiger partial charge >= 0.3 is 0 Å². The number of nitrogens with one attached hydrogen (secondary N) is 1. The summed E-state index contributed by atoms with van der Waals surface area (Å²) in [6.07, 6.45) is 4.27. The van der Waals surface area contributed by atoms with Crippen molar-refractivity contribution in [1.29, 1.82) is 0 Å². The Kier molecular flexibility index (Phi) is 2.72. The van der Waals surface area contributed by atoms with Crippen LogP contribution in [0.1, 0.15) is 32.6 Å². The minimum absolute atomic E-state index is 0.217. The summed E-state index contributed by atoms with van der Waals surface area (Å²) in [6.45, 7) is 2.94. The Balaban J connectivity index is 1.94. The molecule has 1 aliphatic rings. The third-order valence-corrected chi connectivity index (χ3v) is 1.76. The summed E-state index contributed by atoms with van der Waals surface area (Å²) < 4.78 is 0. The van der Waals surface area contributed by atoms with Crippen molar-refractivity contribution in [3.05, 3.63) is 0 Å². The van der Waals surface area contributed by atoms with E-state index in [-0.39, 0.29) is 5.91 Å². The van der Waals surface area contributed by atoms with E-state index < -0.39 is 0 Å². The molecule has 1 N–H and O–H groups in total. The fourth-order valence-electron chi connectivity index (χ4n) is 0.896. The predicted octanol–water partition coefficient (Wildman–Crippen LogP) is 1.31. The van der Waals surface area contributed by atoms with Gasteiger partial charge in [0.25, 0.3) is 0 Å². The zero-order valence-corrected chi connectivity index (χ0v) is 6.52. The van der Waals surface area contributed by atoms with Gasteiger partial charge in [-0.25, -0.2) is 0 Å². The molecule has 0 aliphatic heterocycles. The average Bonchev–Trinajstić information content (AvgIpc) is 2.67. The summed E-state index contributed by atoms with van der Waals surface area (Å²) in [6, 6.07) is 0. The standard InChI is InChI=1S/C8H15NO/c1-2-3-8(10)9-6-7-4-5-7/h7H,2-6H2,1H3,(H,9,10). The van der Waals surface area contributed by atoms with Gasteiger partial charge in [0.1, 0.15) is 0 Å². The first-order valence-electron chi connectivity index (χ1n) is 4.09. The highest BCUT2D eigenvalue weighted by molar-refractivity contribution is 5.75. The normalized spacial score (nSPS) is 16.9. The van der Waals surface area contributed by atoms with Crippen LogP contribution < -0.4 is 5.32 Å². The van der Waals surface area contributed by atoms with Gasteiger partial charge in [-0.15, -0.1) is 0 Å². The molecular weight excluding hydrogens is 126 g/mol. The highest BCUT2D eigenvalue weighted by atomic mass is 16.1. The minimum atomic E-state index is 0.217. The van der Waals surface area contributed by atoms with Crippen molar-refractivity contribution in [3.8, 4) is 0 Å². The summed E-state index contributed by atoms with van der Waals surface area (Å²) in [5.74, 6) is 1.02. The molecule has 58 valence electrons. The predicted molar refractivity (Wildman–Crippen MR) is 40.6 cm³/mol. The number of amides is 1. The topological polar surface area (TPSA) is 29.1 Å². The first-order chi connectivity index (χ1) is 4.83. The van der Waals surface area contributed by atoms with Crippen molar-refractivity contribution in [1.82, 2.24) is 5.32 Å². The second-order valence-corrected chi connectivity index (χ2v) is 3.00. The highest BCUT2D eigenvalue weighted by Gasteiger charge is 2.21. The van der Waals surface area contributed by atoms with Gasteiger partial charge in [-0.3, -0.25) is 4.79 Å². The summed E-state index contributed by atoms with van der Waals surface area (Å²) in [5, 5.41) is 2.91. The summed E-state index contributed by atoms with van der Waals surface area (Å²) in [4.78, 5) is 10.9. The van der Waals surface area contributed by atoms with Gasteiger partial charge in [0.05, 0.1) is 0 Å². The van der Waals surface area contributed by atoms with Crippen molar-refractivity contribution in [2.45, 2.75) is 32.6 Å². The Morgan fingerprint density at radius 3 is 2.80 bits per heavy atom. The highest BCUT2D eigenvalue weighted by Crippen LogP contribution is 2.27. The number of carbonyl (C=O) groups is 1. The summed E-state index contributed by atoms with van der Waals surface area (Å²) in [7, 11) is 0. The Hall–Kier alpha value is -0.530.